The molecule has 3 rings (SSSR count). The predicted molar refractivity (Wildman–Crippen MR) is 101 cm³/mol. The van der Waals surface area contributed by atoms with Gasteiger partial charge in [0, 0.05) is 11.3 Å². The van der Waals surface area contributed by atoms with Crippen LogP contribution in [0.5, 0.6) is 0 Å². The SMILES string of the molecule is CCOC(=O)C(=NNc1[nH]nc2nc(C)cc(-c3ccco3)c12)C(=O)OCC. The first-order valence-corrected chi connectivity index (χ1v) is 8.62. The molecular formula is C18H19N5O5. The van der Waals surface area contributed by atoms with Crippen LogP contribution in [0.4, 0.5) is 5.82 Å². The summed E-state index contributed by atoms with van der Waals surface area (Å²) in [7, 11) is 0. The lowest BCUT2D eigenvalue weighted by Gasteiger charge is -2.07. The number of aromatic amines is 1. The number of nitrogens with one attached hydrogen (secondary N) is 2. The van der Waals surface area contributed by atoms with Crippen LogP contribution in [-0.4, -0.2) is 46.0 Å². The quantitative estimate of drug-likeness (QED) is 0.274. The zero-order valence-electron chi connectivity index (χ0n) is 15.6. The molecule has 2 N–H and O–H groups in total. The van der Waals surface area contributed by atoms with Crippen molar-refractivity contribution in [2.75, 3.05) is 18.6 Å². The Balaban J connectivity index is 2.02. The number of hydrazone groups is 1. The van der Waals surface area contributed by atoms with Gasteiger partial charge in [-0.2, -0.15) is 10.2 Å². The first kappa shape index (κ1) is 19.1. The molecule has 0 amide bonds. The second kappa shape index (κ2) is 8.33. The van der Waals surface area contributed by atoms with Crippen LogP contribution in [0, 0.1) is 6.92 Å². The molecule has 0 aliphatic carbocycles. The first-order chi connectivity index (χ1) is 13.5. The standard InChI is InChI=1S/C18H19N5O5/c1-4-26-17(24)14(18(25)27-5-2)20-22-16-13-11(12-7-6-8-28-12)9-10(3)19-15(13)21-23-16/h6-9H,4-5H2,1-3H3,(H2,19,21,22,23). The lowest BCUT2D eigenvalue weighted by molar-refractivity contribution is -0.140. The lowest BCUT2D eigenvalue weighted by Crippen LogP contribution is -2.29. The molecule has 146 valence electrons. The van der Waals surface area contributed by atoms with E-state index < -0.39 is 17.7 Å². The smallest absolute Gasteiger partial charge is 0.366 e. The third kappa shape index (κ3) is 3.85. The van der Waals surface area contributed by atoms with Crippen LogP contribution < -0.4 is 5.43 Å². The summed E-state index contributed by atoms with van der Waals surface area (Å²) in [5, 5.41) is 11.4. The fraction of sp³-hybridized carbons (Fsp3) is 0.278. The van der Waals surface area contributed by atoms with E-state index in [1.807, 2.05) is 13.0 Å². The molecule has 0 aromatic carbocycles. The highest BCUT2D eigenvalue weighted by Gasteiger charge is 2.24. The van der Waals surface area contributed by atoms with Crippen molar-refractivity contribution in [1.29, 1.82) is 0 Å². The Bertz CT molecular complexity index is 1000. The molecule has 0 atom stereocenters. The van der Waals surface area contributed by atoms with Gasteiger partial charge in [0.1, 0.15) is 5.76 Å². The zero-order chi connectivity index (χ0) is 20.1. The Hall–Kier alpha value is -3.69. The number of ether oxygens (including phenoxy) is 2. The summed E-state index contributed by atoms with van der Waals surface area (Å²) in [5.74, 6) is -0.838. The number of pyridine rings is 1. The summed E-state index contributed by atoms with van der Waals surface area (Å²) in [6.45, 7) is 5.28. The fourth-order valence-electron chi connectivity index (χ4n) is 2.54. The Kier molecular flexibility index (Phi) is 5.68. The minimum atomic E-state index is -0.891. The summed E-state index contributed by atoms with van der Waals surface area (Å²) < 4.78 is 15.2. The third-order valence-corrected chi connectivity index (χ3v) is 3.66. The van der Waals surface area contributed by atoms with Gasteiger partial charge in [-0.05, 0) is 39.0 Å². The number of aromatic nitrogens is 3. The summed E-state index contributed by atoms with van der Waals surface area (Å²) >= 11 is 0. The average molecular weight is 385 g/mol. The number of H-pyrrole nitrogens is 1. The lowest BCUT2D eigenvalue weighted by atomic mass is 10.1. The molecule has 28 heavy (non-hydrogen) atoms. The van der Waals surface area contributed by atoms with Gasteiger partial charge >= 0.3 is 11.9 Å². The molecule has 3 heterocycles. The Morgan fingerprint density at radius 1 is 1.25 bits per heavy atom. The molecule has 0 spiro atoms. The van der Waals surface area contributed by atoms with Crippen LogP contribution in [0.25, 0.3) is 22.4 Å². The summed E-state index contributed by atoms with van der Waals surface area (Å²) in [5.41, 5.74) is 4.05. The number of aryl methyl sites for hydroxylation is 1. The van der Waals surface area contributed by atoms with Crippen molar-refractivity contribution in [3.63, 3.8) is 0 Å². The van der Waals surface area contributed by atoms with Crippen molar-refractivity contribution in [1.82, 2.24) is 15.2 Å². The van der Waals surface area contributed by atoms with E-state index in [0.29, 0.717) is 22.6 Å². The van der Waals surface area contributed by atoms with E-state index in [-0.39, 0.29) is 13.2 Å². The molecule has 10 nitrogen and oxygen atoms in total. The van der Waals surface area contributed by atoms with Gasteiger partial charge in [-0.15, -0.1) is 0 Å². The van der Waals surface area contributed by atoms with E-state index in [1.54, 1.807) is 32.2 Å². The summed E-state index contributed by atoms with van der Waals surface area (Å²) in [6.07, 6.45) is 1.56. The molecular weight excluding hydrogens is 366 g/mol. The molecule has 0 aliphatic heterocycles. The number of hydrogen-bond acceptors (Lipinski definition) is 9. The molecule has 0 saturated carbocycles. The number of nitrogens with zero attached hydrogens (tertiary/aromatic N) is 3. The molecule has 0 unspecified atom stereocenters. The van der Waals surface area contributed by atoms with Crippen LogP contribution in [0.1, 0.15) is 19.5 Å². The number of hydrogen-bond donors (Lipinski definition) is 2. The van der Waals surface area contributed by atoms with Crippen molar-refractivity contribution in [3.05, 3.63) is 30.2 Å². The highest BCUT2D eigenvalue weighted by molar-refractivity contribution is 6.62. The van der Waals surface area contributed by atoms with E-state index >= 15 is 0 Å². The average Bonchev–Trinajstić information content (AvgIpc) is 3.32. The van der Waals surface area contributed by atoms with Gasteiger partial charge in [0.15, 0.2) is 11.5 Å². The molecule has 0 radical (unpaired) electrons. The topological polar surface area (TPSA) is 132 Å². The number of carbonyl (C=O) groups excluding carboxylic acids is 2. The monoisotopic (exact) mass is 385 g/mol. The number of esters is 2. The van der Waals surface area contributed by atoms with Gasteiger partial charge in [-0.3, -0.25) is 10.5 Å². The van der Waals surface area contributed by atoms with E-state index in [1.165, 1.54) is 0 Å². The third-order valence-electron chi connectivity index (χ3n) is 3.66. The number of furan rings is 1. The zero-order valence-corrected chi connectivity index (χ0v) is 15.6. The largest absolute Gasteiger partial charge is 0.464 e. The summed E-state index contributed by atoms with van der Waals surface area (Å²) in [6, 6.07) is 5.40. The number of anilines is 1. The minimum Gasteiger partial charge on any atom is -0.464 e. The van der Waals surface area contributed by atoms with Gasteiger partial charge < -0.3 is 13.9 Å². The first-order valence-electron chi connectivity index (χ1n) is 8.62. The van der Waals surface area contributed by atoms with Gasteiger partial charge in [0.05, 0.1) is 24.9 Å². The van der Waals surface area contributed by atoms with Gasteiger partial charge in [-0.25, -0.2) is 14.6 Å². The van der Waals surface area contributed by atoms with Crippen molar-refractivity contribution >= 4 is 34.5 Å². The van der Waals surface area contributed by atoms with Gasteiger partial charge in [0.2, 0.25) is 0 Å². The highest BCUT2D eigenvalue weighted by Crippen LogP contribution is 2.32. The maximum absolute atomic E-state index is 12.0. The van der Waals surface area contributed by atoms with Crippen LogP contribution >= 0.6 is 0 Å². The van der Waals surface area contributed by atoms with E-state index in [2.05, 4.69) is 25.7 Å². The van der Waals surface area contributed by atoms with Crippen LogP contribution in [0.15, 0.2) is 34.0 Å². The van der Waals surface area contributed by atoms with E-state index in [0.717, 1.165) is 11.3 Å². The van der Waals surface area contributed by atoms with Gasteiger partial charge in [-0.1, -0.05) is 0 Å². The van der Waals surface area contributed by atoms with Crippen molar-refractivity contribution in [2.24, 2.45) is 5.10 Å². The Labute approximate surface area is 159 Å². The van der Waals surface area contributed by atoms with E-state index in [4.69, 9.17) is 13.9 Å². The number of rotatable bonds is 7. The fourth-order valence-corrected chi connectivity index (χ4v) is 2.54. The maximum atomic E-state index is 12.0. The van der Waals surface area contributed by atoms with Crippen molar-refractivity contribution in [3.8, 4) is 11.3 Å². The van der Waals surface area contributed by atoms with Crippen molar-refractivity contribution < 1.29 is 23.5 Å². The molecule has 0 aliphatic rings. The molecule has 0 bridgehead atoms. The van der Waals surface area contributed by atoms with E-state index in [9.17, 15) is 9.59 Å². The van der Waals surface area contributed by atoms with Crippen LogP contribution in [0.2, 0.25) is 0 Å². The minimum absolute atomic E-state index is 0.0933. The highest BCUT2D eigenvalue weighted by atomic mass is 16.6. The molecule has 3 aromatic heterocycles. The Morgan fingerprint density at radius 2 is 1.96 bits per heavy atom. The van der Waals surface area contributed by atoms with Crippen molar-refractivity contribution in [2.45, 2.75) is 20.8 Å². The van der Waals surface area contributed by atoms with Gasteiger partial charge in [0.25, 0.3) is 5.71 Å². The normalized spacial score (nSPS) is 10.5. The van der Waals surface area contributed by atoms with Crippen LogP contribution in [0.3, 0.4) is 0 Å². The second-order valence-corrected chi connectivity index (χ2v) is 5.60. The molecule has 0 saturated heterocycles. The summed E-state index contributed by atoms with van der Waals surface area (Å²) in [4.78, 5) is 28.4. The molecule has 10 heteroatoms. The molecule has 0 fully saturated rings. The Morgan fingerprint density at radius 3 is 2.57 bits per heavy atom. The number of carbonyl (C=O) groups is 2. The number of fused-ring (bicyclic) bond motifs is 1. The maximum Gasteiger partial charge on any atom is 0.366 e. The molecule has 3 aromatic rings. The second-order valence-electron chi connectivity index (χ2n) is 5.60. The van der Waals surface area contributed by atoms with Crippen LogP contribution in [-0.2, 0) is 19.1 Å². The predicted octanol–water partition coefficient (Wildman–Crippen LogP) is 2.42.